The van der Waals surface area contributed by atoms with Crippen molar-refractivity contribution in [1.29, 1.82) is 0 Å². The number of fused-ring (bicyclic) bond motifs is 1. The minimum absolute atomic E-state index is 0.00772. The van der Waals surface area contributed by atoms with E-state index in [9.17, 15) is 9.59 Å². The summed E-state index contributed by atoms with van der Waals surface area (Å²) in [5, 5.41) is 0. The van der Waals surface area contributed by atoms with Crippen molar-refractivity contribution in [2.24, 2.45) is 5.92 Å². The molecule has 1 aromatic carbocycles. The highest BCUT2D eigenvalue weighted by Crippen LogP contribution is 2.29. The highest BCUT2D eigenvalue weighted by atomic mass is 16.5. The second kappa shape index (κ2) is 9.03. The first-order chi connectivity index (χ1) is 15.6. The summed E-state index contributed by atoms with van der Waals surface area (Å²) in [5.74, 6) is 0.135. The molecule has 3 aliphatic heterocycles. The second-order valence-electron chi connectivity index (χ2n) is 8.91. The van der Waals surface area contributed by atoms with Gasteiger partial charge >= 0.3 is 0 Å². The minimum Gasteiger partial charge on any atom is -0.378 e. The average molecular weight is 439 g/mol. The average Bonchev–Trinajstić information content (AvgIpc) is 3.27. The van der Waals surface area contributed by atoms with Crippen LogP contribution in [0.1, 0.15) is 46.3 Å². The third-order valence-electron chi connectivity index (χ3n) is 6.84. The summed E-state index contributed by atoms with van der Waals surface area (Å²) in [5.41, 5.74) is 3.67. The molecule has 2 amide bonds. The highest BCUT2D eigenvalue weighted by molar-refractivity contribution is 5.93. The largest absolute Gasteiger partial charge is 0.378 e. The maximum absolute atomic E-state index is 13.2. The van der Waals surface area contributed by atoms with E-state index in [2.05, 4.69) is 36.2 Å². The van der Waals surface area contributed by atoms with Crippen molar-refractivity contribution in [3.05, 3.63) is 53.1 Å². The molecule has 0 bridgehead atoms. The van der Waals surface area contributed by atoms with Crippen LogP contribution in [0.15, 0.2) is 30.6 Å². The lowest BCUT2D eigenvalue weighted by Crippen LogP contribution is -2.47. The summed E-state index contributed by atoms with van der Waals surface area (Å²) >= 11 is 0. The van der Waals surface area contributed by atoms with E-state index < -0.39 is 0 Å². The molecule has 32 heavy (non-hydrogen) atoms. The van der Waals surface area contributed by atoms with Gasteiger partial charge in [0.2, 0.25) is 5.91 Å². The van der Waals surface area contributed by atoms with E-state index in [0.29, 0.717) is 71.1 Å². The third-order valence-corrected chi connectivity index (χ3v) is 6.84. The zero-order valence-corrected chi connectivity index (χ0v) is 18.5. The zero-order valence-electron chi connectivity index (χ0n) is 18.5. The number of likely N-dealkylation sites (tertiary alicyclic amines) is 1. The van der Waals surface area contributed by atoms with Crippen molar-refractivity contribution in [1.82, 2.24) is 19.4 Å². The van der Waals surface area contributed by atoms with Crippen LogP contribution in [0.2, 0.25) is 0 Å². The first kappa shape index (κ1) is 21.2. The van der Waals surface area contributed by atoms with Crippen LogP contribution in [0.5, 0.6) is 0 Å². The van der Waals surface area contributed by atoms with Gasteiger partial charge in [0, 0.05) is 32.1 Å². The normalized spacial score (nSPS) is 22.0. The van der Waals surface area contributed by atoms with Crippen molar-refractivity contribution in [3.8, 4) is 0 Å². The highest BCUT2D eigenvalue weighted by Gasteiger charge is 2.33. The molecule has 0 radical (unpaired) electrons. The number of rotatable bonds is 3. The fourth-order valence-electron chi connectivity index (χ4n) is 4.81. The maximum atomic E-state index is 13.2. The van der Waals surface area contributed by atoms with Gasteiger partial charge in [0.25, 0.3) is 5.91 Å². The molecule has 2 saturated heterocycles. The molecule has 4 heterocycles. The molecule has 3 aliphatic rings. The third kappa shape index (κ3) is 4.17. The van der Waals surface area contributed by atoms with Crippen LogP contribution in [-0.4, -0.2) is 70.6 Å². The molecule has 2 fully saturated rings. The second-order valence-corrected chi connectivity index (χ2v) is 8.91. The number of aromatic nitrogens is 2. The van der Waals surface area contributed by atoms with Crippen LogP contribution in [0, 0.1) is 12.8 Å². The van der Waals surface area contributed by atoms with Crippen molar-refractivity contribution in [2.75, 3.05) is 39.4 Å². The number of ether oxygens (including phenoxy) is 2. The summed E-state index contributed by atoms with van der Waals surface area (Å²) in [6, 6.07) is 8.36. The van der Waals surface area contributed by atoms with Crippen LogP contribution in [-0.2, 0) is 27.4 Å². The fourth-order valence-corrected chi connectivity index (χ4v) is 4.81. The van der Waals surface area contributed by atoms with Gasteiger partial charge in [-0.15, -0.1) is 0 Å². The molecular weight excluding hydrogens is 408 g/mol. The molecule has 170 valence electrons. The predicted molar refractivity (Wildman–Crippen MR) is 117 cm³/mol. The van der Waals surface area contributed by atoms with E-state index in [0.717, 1.165) is 11.3 Å². The Morgan fingerprint density at radius 2 is 1.72 bits per heavy atom. The summed E-state index contributed by atoms with van der Waals surface area (Å²) in [7, 11) is 0. The molecule has 0 unspecified atom stereocenters. The molecule has 2 aromatic rings. The quantitative estimate of drug-likeness (QED) is 0.734. The Morgan fingerprint density at radius 1 is 1.00 bits per heavy atom. The van der Waals surface area contributed by atoms with Crippen molar-refractivity contribution in [3.63, 3.8) is 0 Å². The zero-order chi connectivity index (χ0) is 22.1. The van der Waals surface area contributed by atoms with E-state index in [1.54, 1.807) is 6.33 Å². The molecule has 1 atom stereocenters. The smallest absolute Gasteiger partial charge is 0.274 e. The topological polar surface area (TPSA) is 76.9 Å². The van der Waals surface area contributed by atoms with E-state index >= 15 is 0 Å². The Kier molecular flexibility index (Phi) is 5.97. The molecule has 8 heteroatoms. The number of aryl methyl sites for hydroxylation is 1. The van der Waals surface area contributed by atoms with Gasteiger partial charge in [0.05, 0.1) is 38.4 Å². The van der Waals surface area contributed by atoms with Gasteiger partial charge < -0.3 is 23.8 Å². The lowest BCUT2D eigenvalue weighted by atomic mass is 9.94. The van der Waals surface area contributed by atoms with Gasteiger partial charge in [0.1, 0.15) is 6.10 Å². The number of carbonyl (C=O) groups excluding carboxylic acids is 2. The van der Waals surface area contributed by atoms with Gasteiger partial charge in [-0.25, -0.2) is 4.98 Å². The monoisotopic (exact) mass is 438 g/mol. The number of amides is 2. The Hall–Kier alpha value is -2.71. The van der Waals surface area contributed by atoms with E-state index in [4.69, 9.17) is 9.47 Å². The standard InChI is InChI=1S/C24H30N4O4/c1-17-2-4-18(5-3-17)21-14-28-16-25-22(20(28)15-32-21)24(30)26-8-6-19(7-9-26)23(29)27-10-12-31-13-11-27/h2-5,16,19,21H,6-15H2,1H3/t21-/m1/s1. The molecule has 0 spiro atoms. The van der Waals surface area contributed by atoms with E-state index in [1.165, 1.54) is 5.56 Å². The van der Waals surface area contributed by atoms with E-state index in [-0.39, 0.29) is 23.8 Å². The van der Waals surface area contributed by atoms with Crippen LogP contribution in [0.25, 0.3) is 0 Å². The molecule has 0 aliphatic carbocycles. The number of imidazole rings is 1. The number of hydrogen-bond donors (Lipinski definition) is 0. The van der Waals surface area contributed by atoms with Crippen LogP contribution in [0.3, 0.4) is 0 Å². The summed E-state index contributed by atoms with van der Waals surface area (Å²) < 4.78 is 13.5. The molecule has 8 nitrogen and oxygen atoms in total. The predicted octanol–water partition coefficient (Wildman–Crippen LogP) is 2.17. The van der Waals surface area contributed by atoms with Gasteiger partial charge in [-0.1, -0.05) is 29.8 Å². The molecule has 1 aromatic heterocycles. The van der Waals surface area contributed by atoms with Crippen LogP contribution in [0.4, 0.5) is 0 Å². The number of carbonyl (C=O) groups is 2. The number of morpholine rings is 1. The first-order valence-corrected chi connectivity index (χ1v) is 11.5. The number of piperidine rings is 1. The van der Waals surface area contributed by atoms with Crippen LogP contribution >= 0.6 is 0 Å². The minimum atomic E-state index is -0.0617. The van der Waals surface area contributed by atoms with E-state index in [1.807, 2.05) is 14.4 Å². The van der Waals surface area contributed by atoms with Crippen molar-refractivity contribution in [2.45, 2.75) is 39.0 Å². The van der Waals surface area contributed by atoms with Gasteiger partial charge in [-0.05, 0) is 25.3 Å². The maximum Gasteiger partial charge on any atom is 0.274 e. The Labute approximate surface area is 188 Å². The van der Waals surface area contributed by atoms with Crippen LogP contribution < -0.4 is 0 Å². The van der Waals surface area contributed by atoms with Gasteiger partial charge in [-0.2, -0.15) is 0 Å². The lowest BCUT2D eigenvalue weighted by molar-refractivity contribution is -0.141. The molecular formula is C24H30N4O4. The van der Waals surface area contributed by atoms with Crippen molar-refractivity contribution < 1.29 is 19.1 Å². The van der Waals surface area contributed by atoms with Gasteiger partial charge in [0.15, 0.2) is 5.69 Å². The summed E-state index contributed by atoms with van der Waals surface area (Å²) in [4.78, 5) is 34.1. The Bertz CT molecular complexity index is 972. The van der Waals surface area contributed by atoms with Gasteiger partial charge in [-0.3, -0.25) is 9.59 Å². The molecule has 5 rings (SSSR count). The molecule has 0 saturated carbocycles. The number of hydrogen-bond acceptors (Lipinski definition) is 5. The number of nitrogens with zero attached hydrogens (tertiary/aromatic N) is 4. The lowest BCUT2D eigenvalue weighted by Gasteiger charge is -2.35. The fraction of sp³-hybridized carbons (Fsp3) is 0.542. The van der Waals surface area contributed by atoms with Crippen molar-refractivity contribution >= 4 is 11.8 Å². The number of benzene rings is 1. The SMILES string of the molecule is Cc1ccc([C@H]2Cn3cnc(C(=O)N4CCC(C(=O)N5CCOCC5)CC4)c3CO2)cc1. The molecule has 0 N–H and O–H groups in total. The first-order valence-electron chi connectivity index (χ1n) is 11.5. The Balaban J connectivity index is 1.20. The summed E-state index contributed by atoms with van der Waals surface area (Å²) in [6.07, 6.45) is 3.11. The Morgan fingerprint density at radius 3 is 2.44 bits per heavy atom. The summed E-state index contributed by atoms with van der Waals surface area (Å²) in [6.45, 7) is 6.81.